The fourth-order valence-corrected chi connectivity index (χ4v) is 1.62. The van der Waals surface area contributed by atoms with Gasteiger partial charge in [-0.2, -0.15) is 0 Å². The van der Waals surface area contributed by atoms with Crippen LogP contribution in [-0.2, 0) is 37.4 Å². The van der Waals surface area contributed by atoms with Crippen molar-refractivity contribution in [3.05, 3.63) is 14.5 Å². The molecule has 3 heteroatoms. The Morgan fingerprint density at radius 1 is 1.67 bits per heavy atom. The molecule has 0 aromatic heterocycles. The first-order valence-corrected chi connectivity index (χ1v) is 3.81. The van der Waals surface area contributed by atoms with E-state index in [1.807, 2.05) is 7.05 Å². The molecule has 0 amide bonds. The summed E-state index contributed by atoms with van der Waals surface area (Å²) in [5.74, 6) is 0.735. The Hall–Kier alpha value is 1.02. The molecule has 1 saturated carbocycles. The van der Waals surface area contributed by atoms with Gasteiger partial charge in [0.25, 0.3) is 0 Å². The first-order chi connectivity index (χ1) is 4.75. The van der Waals surface area contributed by atoms with Crippen molar-refractivity contribution in [2.75, 3.05) is 13.7 Å². The molecule has 1 radical (unpaired) electrons. The number of rotatable bonds is 3. The molecule has 2 atom stereocenters. The van der Waals surface area contributed by atoms with E-state index in [1.54, 1.807) is 0 Å². The van der Waals surface area contributed by atoms with Crippen LogP contribution < -0.4 is 5.32 Å². The minimum absolute atomic E-state index is 0. The van der Waals surface area contributed by atoms with Gasteiger partial charge < -0.3 is 17.5 Å². The molecule has 1 aliphatic carbocycles. The molecule has 12 heavy (non-hydrogen) atoms. The number of hydrogen-bond acceptors (Lipinski definition) is 2. The van der Waals surface area contributed by atoms with Crippen molar-refractivity contribution in [3.8, 4) is 0 Å². The van der Waals surface area contributed by atoms with Crippen LogP contribution in [0.2, 0.25) is 0 Å². The second-order valence-electron chi connectivity index (χ2n) is 3.19. The number of nitrogens with one attached hydrogen (secondary N) is 1. The van der Waals surface area contributed by atoms with Crippen LogP contribution in [0.1, 0.15) is 19.8 Å². The quantitative estimate of drug-likeness (QED) is 0.764. The van der Waals surface area contributed by atoms with E-state index in [0.717, 1.165) is 12.5 Å². The van der Waals surface area contributed by atoms with Crippen LogP contribution in [0.15, 0.2) is 0 Å². The van der Waals surface area contributed by atoms with E-state index >= 15 is 0 Å². The van der Waals surface area contributed by atoms with Crippen molar-refractivity contribution < 1.29 is 37.4 Å². The SMILES string of the molecule is [CH2-]OCC1(NC)CCC1C.[CH3-].[Y]. The van der Waals surface area contributed by atoms with Crippen LogP contribution >= 0.6 is 0 Å². The van der Waals surface area contributed by atoms with E-state index in [2.05, 4.69) is 19.4 Å². The van der Waals surface area contributed by atoms with Gasteiger partial charge in [-0.3, -0.25) is 0 Å². The molecular formula is C9H19NOY-2. The Kier molecular flexibility index (Phi) is 8.36. The van der Waals surface area contributed by atoms with Gasteiger partial charge in [0.15, 0.2) is 0 Å². The molecule has 71 valence electrons. The van der Waals surface area contributed by atoms with Gasteiger partial charge in [-0.1, -0.05) is 6.92 Å². The van der Waals surface area contributed by atoms with Gasteiger partial charge in [0, 0.05) is 44.9 Å². The second-order valence-corrected chi connectivity index (χ2v) is 3.19. The van der Waals surface area contributed by atoms with Crippen molar-refractivity contribution in [3.63, 3.8) is 0 Å². The first kappa shape index (κ1) is 15.5. The van der Waals surface area contributed by atoms with Crippen molar-refractivity contribution in [2.24, 2.45) is 5.92 Å². The van der Waals surface area contributed by atoms with Gasteiger partial charge in [0.2, 0.25) is 0 Å². The van der Waals surface area contributed by atoms with E-state index in [0.29, 0.717) is 0 Å². The standard InChI is InChI=1S/C8H16NO.CH3.Y/c1-7-4-5-8(7,9-2)6-10-3;;/h7,9H,3-6H2,1-2H3;1H3;/q2*-1;. The topological polar surface area (TPSA) is 21.3 Å². The Morgan fingerprint density at radius 2 is 2.25 bits per heavy atom. The first-order valence-electron chi connectivity index (χ1n) is 3.81. The molecule has 0 saturated heterocycles. The van der Waals surface area contributed by atoms with E-state index in [1.165, 1.54) is 12.8 Å². The van der Waals surface area contributed by atoms with E-state index in [4.69, 9.17) is 4.74 Å². The summed E-state index contributed by atoms with van der Waals surface area (Å²) in [5.41, 5.74) is 0.238. The molecule has 1 rings (SSSR count). The Labute approximate surface area is 102 Å². The third-order valence-corrected chi connectivity index (χ3v) is 2.82. The maximum atomic E-state index is 4.90. The normalized spacial score (nSPS) is 32.8. The minimum Gasteiger partial charge on any atom is -0.554 e. The molecule has 0 aliphatic heterocycles. The minimum atomic E-state index is 0. The number of hydrogen-bond donors (Lipinski definition) is 1. The van der Waals surface area contributed by atoms with Gasteiger partial charge in [0.1, 0.15) is 0 Å². The van der Waals surface area contributed by atoms with Crippen LogP contribution in [0.25, 0.3) is 0 Å². The molecule has 0 aromatic rings. The van der Waals surface area contributed by atoms with Gasteiger partial charge in [-0.05, 0) is 25.8 Å². The molecule has 1 fully saturated rings. The fourth-order valence-electron chi connectivity index (χ4n) is 1.62. The zero-order valence-corrected chi connectivity index (χ0v) is 11.2. The average molecular weight is 246 g/mol. The Bertz CT molecular complexity index is 117. The molecule has 1 aliphatic rings. The molecule has 0 heterocycles. The average Bonchev–Trinajstić information content (AvgIpc) is 1.97. The monoisotopic (exact) mass is 246 g/mol. The molecule has 0 spiro atoms. The Balaban J connectivity index is 0. The van der Waals surface area contributed by atoms with Crippen molar-refractivity contribution in [1.82, 2.24) is 5.32 Å². The van der Waals surface area contributed by atoms with Crippen molar-refractivity contribution in [1.29, 1.82) is 0 Å². The zero-order chi connectivity index (χ0) is 7.61. The van der Waals surface area contributed by atoms with E-state index in [9.17, 15) is 0 Å². The summed E-state index contributed by atoms with van der Waals surface area (Å²) < 4.78 is 4.90. The molecule has 1 N–H and O–H groups in total. The summed E-state index contributed by atoms with van der Waals surface area (Å²) in [7, 11) is 5.39. The van der Waals surface area contributed by atoms with Crippen LogP contribution in [0.3, 0.4) is 0 Å². The van der Waals surface area contributed by atoms with Crippen LogP contribution in [-0.4, -0.2) is 19.2 Å². The summed E-state index contributed by atoms with van der Waals surface area (Å²) in [6.45, 7) is 2.99. The predicted molar refractivity (Wildman–Crippen MR) is 47.9 cm³/mol. The summed E-state index contributed by atoms with van der Waals surface area (Å²) in [4.78, 5) is 0. The molecule has 2 nitrogen and oxygen atoms in total. The third-order valence-electron chi connectivity index (χ3n) is 2.82. The largest absolute Gasteiger partial charge is 0.554 e. The fraction of sp³-hybridized carbons (Fsp3) is 0.778. The predicted octanol–water partition coefficient (Wildman–Crippen LogP) is 1.63. The molecule has 2 unspecified atom stereocenters. The summed E-state index contributed by atoms with van der Waals surface area (Å²) in [5, 5.41) is 3.30. The van der Waals surface area contributed by atoms with Crippen LogP contribution in [0.4, 0.5) is 0 Å². The zero-order valence-electron chi connectivity index (χ0n) is 8.39. The van der Waals surface area contributed by atoms with Gasteiger partial charge in [-0.25, -0.2) is 7.11 Å². The van der Waals surface area contributed by atoms with Gasteiger partial charge >= 0.3 is 0 Å². The molecule has 0 bridgehead atoms. The molecule has 0 aromatic carbocycles. The van der Waals surface area contributed by atoms with E-state index in [-0.39, 0.29) is 45.7 Å². The van der Waals surface area contributed by atoms with Crippen LogP contribution in [0, 0.1) is 20.5 Å². The molecular weight excluding hydrogens is 227 g/mol. The second kappa shape index (κ2) is 6.47. The summed E-state index contributed by atoms with van der Waals surface area (Å²) in [6, 6.07) is 0. The third kappa shape index (κ3) is 2.76. The van der Waals surface area contributed by atoms with E-state index < -0.39 is 0 Å². The number of ether oxygens (including phenoxy) is 1. The van der Waals surface area contributed by atoms with Gasteiger partial charge in [0.05, 0.1) is 0 Å². The number of likely N-dealkylation sites (N-methyl/N-ethyl adjacent to an activating group) is 1. The Morgan fingerprint density at radius 3 is 2.33 bits per heavy atom. The van der Waals surface area contributed by atoms with Gasteiger partial charge in [-0.15, -0.1) is 0 Å². The smallest absolute Gasteiger partial charge is 0.0410 e. The van der Waals surface area contributed by atoms with Crippen molar-refractivity contribution in [2.45, 2.75) is 25.3 Å². The summed E-state index contributed by atoms with van der Waals surface area (Å²) in [6.07, 6.45) is 2.53. The van der Waals surface area contributed by atoms with Crippen molar-refractivity contribution >= 4 is 0 Å². The van der Waals surface area contributed by atoms with Crippen LogP contribution in [0.5, 0.6) is 0 Å². The maximum Gasteiger partial charge on any atom is 0.0410 e. The summed E-state index contributed by atoms with van der Waals surface area (Å²) >= 11 is 0. The maximum absolute atomic E-state index is 4.90.